The summed E-state index contributed by atoms with van der Waals surface area (Å²) in [6, 6.07) is 9.76. The lowest BCUT2D eigenvalue weighted by molar-refractivity contribution is -0.0351. The number of carbonyl (C=O) groups is 1. The summed E-state index contributed by atoms with van der Waals surface area (Å²) < 4.78 is 5.43. The summed E-state index contributed by atoms with van der Waals surface area (Å²) in [5, 5.41) is 8.70. The van der Waals surface area contributed by atoms with Gasteiger partial charge in [0.2, 0.25) is 0 Å². The first-order valence-corrected chi connectivity index (χ1v) is 6.07. The third kappa shape index (κ3) is 2.22. The number of carbonyl (C=O) groups excluding carboxylic acids is 1. The highest BCUT2D eigenvalue weighted by Crippen LogP contribution is 2.34. The van der Waals surface area contributed by atoms with Crippen LogP contribution in [0, 0.1) is 11.3 Å². The van der Waals surface area contributed by atoms with Crippen LogP contribution in [0.5, 0.6) is 0 Å². The van der Waals surface area contributed by atoms with Crippen LogP contribution in [0.3, 0.4) is 0 Å². The molecule has 1 heterocycles. The number of fused-ring (bicyclic) bond motifs is 1. The van der Waals surface area contributed by atoms with Crippen molar-refractivity contribution in [2.75, 3.05) is 6.54 Å². The average molecular weight is 244 g/mol. The number of benzene rings is 1. The summed E-state index contributed by atoms with van der Waals surface area (Å²) in [7, 11) is 0. The van der Waals surface area contributed by atoms with Crippen molar-refractivity contribution in [3.8, 4) is 6.07 Å². The summed E-state index contributed by atoms with van der Waals surface area (Å²) in [5.74, 6) is -0.279. The van der Waals surface area contributed by atoms with Crippen LogP contribution in [-0.2, 0) is 4.74 Å². The van der Waals surface area contributed by atoms with E-state index in [1.807, 2.05) is 36.9 Å². The minimum atomic E-state index is -0.359. The maximum Gasteiger partial charge on any atom is 0.340 e. The maximum atomic E-state index is 11.8. The van der Waals surface area contributed by atoms with Gasteiger partial charge in [-0.2, -0.15) is 5.26 Å². The normalized spacial score (nSPS) is 17.7. The number of nitriles is 1. The number of esters is 1. The Balaban J connectivity index is 2.28. The molecule has 1 aliphatic rings. The van der Waals surface area contributed by atoms with Crippen LogP contribution < -0.4 is 0 Å². The zero-order chi connectivity index (χ0) is 13.1. The van der Waals surface area contributed by atoms with Gasteiger partial charge in [0.25, 0.3) is 0 Å². The van der Waals surface area contributed by atoms with E-state index in [0.717, 1.165) is 5.56 Å². The Kier molecular flexibility index (Phi) is 3.63. The molecule has 0 aliphatic carbocycles. The average Bonchev–Trinajstić information content (AvgIpc) is 2.68. The summed E-state index contributed by atoms with van der Waals surface area (Å²) in [6.07, 6.45) is 0.0658. The van der Waals surface area contributed by atoms with Crippen molar-refractivity contribution < 1.29 is 9.53 Å². The Labute approximate surface area is 107 Å². The summed E-state index contributed by atoms with van der Waals surface area (Å²) >= 11 is 0. The van der Waals surface area contributed by atoms with E-state index in [9.17, 15) is 4.79 Å². The molecule has 0 aromatic heterocycles. The molecule has 18 heavy (non-hydrogen) atoms. The van der Waals surface area contributed by atoms with Gasteiger partial charge in [-0.15, -0.1) is 0 Å². The van der Waals surface area contributed by atoms with Gasteiger partial charge in [0.1, 0.15) is 0 Å². The van der Waals surface area contributed by atoms with E-state index in [4.69, 9.17) is 10.00 Å². The lowest BCUT2D eigenvalue weighted by Gasteiger charge is -2.30. The van der Waals surface area contributed by atoms with Crippen molar-refractivity contribution in [1.29, 1.82) is 5.26 Å². The van der Waals surface area contributed by atoms with Gasteiger partial charge in [0.05, 0.1) is 11.6 Å². The van der Waals surface area contributed by atoms with Crippen LogP contribution in [0.1, 0.15) is 42.4 Å². The van der Waals surface area contributed by atoms with Gasteiger partial charge < -0.3 is 4.74 Å². The highest BCUT2D eigenvalue weighted by atomic mass is 16.6. The van der Waals surface area contributed by atoms with Crippen LogP contribution in [0.2, 0.25) is 0 Å². The highest BCUT2D eigenvalue weighted by Gasteiger charge is 2.35. The molecule has 1 aromatic rings. The zero-order valence-electron chi connectivity index (χ0n) is 10.6. The number of hydrogen-bond acceptors (Lipinski definition) is 4. The zero-order valence-corrected chi connectivity index (χ0v) is 10.6. The number of nitrogens with zero attached hydrogens (tertiary/aromatic N) is 2. The van der Waals surface area contributed by atoms with E-state index < -0.39 is 0 Å². The van der Waals surface area contributed by atoms with E-state index in [1.54, 1.807) is 6.07 Å². The topological polar surface area (TPSA) is 53.3 Å². The van der Waals surface area contributed by atoms with Crippen LogP contribution in [0.25, 0.3) is 0 Å². The van der Waals surface area contributed by atoms with Gasteiger partial charge in [0.15, 0.2) is 6.23 Å². The molecule has 0 saturated carbocycles. The molecule has 1 unspecified atom stereocenters. The summed E-state index contributed by atoms with van der Waals surface area (Å²) in [6.45, 7) is 4.67. The lowest BCUT2D eigenvalue weighted by atomic mass is 10.1. The SMILES string of the molecule is CC(C)N(CCC#N)C1OC(=O)c2ccccc21. The highest BCUT2D eigenvalue weighted by molar-refractivity contribution is 5.93. The molecule has 2 rings (SSSR count). The third-order valence-corrected chi connectivity index (χ3v) is 3.11. The molecular weight excluding hydrogens is 228 g/mol. The van der Waals surface area contributed by atoms with Crippen LogP contribution in [-0.4, -0.2) is 23.5 Å². The maximum absolute atomic E-state index is 11.8. The Hall–Kier alpha value is -1.86. The quantitative estimate of drug-likeness (QED) is 0.763. The molecule has 4 nitrogen and oxygen atoms in total. The Morgan fingerprint density at radius 1 is 1.44 bits per heavy atom. The Morgan fingerprint density at radius 3 is 2.83 bits per heavy atom. The molecule has 0 bridgehead atoms. The monoisotopic (exact) mass is 244 g/mol. The van der Waals surface area contributed by atoms with E-state index in [0.29, 0.717) is 18.5 Å². The van der Waals surface area contributed by atoms with Crippen molar-refractivity contribution in [3.63, 3.8) is 0 Å². The van der Waals surface area contributed by atoms with E-state index in [2.05, 4.69) is 6.07 Å². The first kappa shape index (κ1) is 12.6. The van der Waals surface area contributed by atoms with Gasteiger partial charge in [-0.3, -0.25) is 4.90 Å². The van der Waals surface area contributed by atoms with Gasteiger partial charge in [-0.25, -0.2) is 4.79 Å². The first-order chi connectivity index (χ1) is 8.65. The van der Waals surface area contributed by atoms with Gasteiger partial charge in [0, 0.05) is 24.6 Å². The molecule has 1 aromatic carbocycles. The third-order valence-electron chi connectivity index (χ3n) is 3.11. The first-order valence-electron chi connectivity index (χ1n) is 6.07. The predicted molar refractivity (Wildman–Crippen MR) is 66.7 cm³/mol. The summed E-state index contributed by atoms with van der Waals surface area (Å²) in [4.78, 5) is 13.8. The second-order valence-electron chi connectivity index (χ2n) is 4.58. The second-order valence-corrected chi connectivity index (χ2v) is 4.58. The van der Waals surface area contributed by atoms with Crippen molar-refractivity contribution in [1.82, 2.24) is 4.90 Å². The predicted octanol–water partition coefficient (Wildman–Crippen LogP) is 2.48. The molecule has 4 heteroatoms. The fraction of sp³-hybridized carbons (Fsp3) is 0.429. The number of ether oxygens (including phenoxy) is 1. The minimum absolute atomic E-state index is 0.210. The van der Waals surface area contributed by atoms with Gasteiger partial charge in [-0.1, -0.05) is 18.2 Å². The van der Waals surface area contributed by atoms with Crippen LogP contribution in [0.4, 0.5) is 0 Å². The molecule has 0 amide bonds. The molecule has 1 atom stereocenters. The molecule has 0 fully saturated rings. The van der Waals surface area contributed by atoms with Crippen molar-refractivity contribution in [2.24, 2.45) is 0 Å². The largest absolute Gasteiger partial charge is 0.438 e. The van der Waals surface area contributed by atoms with Crippen molar-refractivity contribution in [3.05, 3.63) is 35.4 Å². The Morgan fingerprint density at radius 2 is 2.17 bits per heavy atom. The molecule has 94 valence electrons. The number of hydrogen-bond donors (Lipinski definition) is 0. The lowest BCUT2D eigenvalue weighted by Crippen LogP contribution is -2.35. The fourth-order valence-electron chi connectivity index (χ4n) is 2.20. The summed E-state index contributed by atoms with van der Waals surface area (Å²) in [5.41, 5.74) is 1.53. The van der Waals surface area contributed by atoms with Gasteiger partial charge >= 0.3 is 5.97 Å². The smallest absolute Gasteiger partial charge is 0.340 e. The molecule has 0 radical (unpaired) electrons. The van der Waals surface area contributed by atoms with Crippen LogP contribution in [0.15, 0.2) is 24.3 Å². The molecule has 0 spiro atoms. The van der Waals surface area contributed by atoms with Crippen molar-refractivity contribution >= 4 is 5.97 Å². The van der Waals surface area contributed by atoms with E-state index in [1.165, 1.54) is 0 Å². The molecule has 0 saturated heterocycles. The van der Waals surface area contributed by atoms with E-state index in [-0.39, 0.29) is 18.2 Å². The standard InChI is InChI=1S/C14H16N2O2/c1-10(2)16(9-5-8-15)13-11-6-3-4-7-12(11)14(17)18-13/h3-4,6-7,10,13H,5,9H2,1-2H3. The van der Waals surface area contributed by atoms with E-state index >= 15 is 0 Å². The van der Waals surface area contributed by atoms with Crippen LogP contribution >= 0.6 is 0 Å². The number of rotatable bonds is 4. The van der Waals surface area contributed by atoms with Gasteiger partial charge in [-0.05, 0) is 19.9 Å². The molecule has 0 N–H and O–H groups in total. The number of cyclic esters (lactones) is 1. The molecule has 1 aliphatic heterocycles. The fourth-order valence-corrected chi connectivity index (χ4v) is 2.20. The Bertz CT molecular complexity index is 491. The van der Waals surface area contributed by atoms with Crippen molar-refractivity contribution in [2.45, 2.75) is 32.5 Å². The second kappa shape index (κ2) is 5.19. The minimum Gasteiger partial charge on any atom is -0.438 e. The molecular formula is C14H16N2O2.